The SMILES string of the molecule is COC(=O)[C@@H](NC(=O)C(F)(F)F)[C@@H](C)CCO[Si](C)(C)C(C)(C)C. The molecule has 0 heterocycles. The first-order valence-corrected chi connectivity index (χ1v) is 10.6. The molecule has 0 aromatic carbocycles. The average molecular weight is 371 g/mol. The summed E-state index contributed by atoms with van der Waals surface area (Å²) in [6.45, 7) is 12.2. The van der Waals surface area contributed by atoms with Crippen molar-refractivity contribution in [3.63, 3.8) is 0 Å². The normalized spacial score (nSPS) is 15.6. The lowest BCUT2D eigenvalue weighted by Gasteiger charge is -2.36. The van der Waals surface area contributed by atoms with Gasteiger partial charge >= 0.3 is 18.1 Å². The summed E-state index contributed by atoms with van der Waals surface area (Å²) in [5.74, 6) is -3.63. The van der Waals surface area contributed by atoms with E-state index in [0.29, 0.717) is 13.0 Å². The molecule has 0 aliphatic carbocycles. The number of nitrogens with one attached hydrogen (secondary N) is 1. The van der Waals surface area contributed by atoms with E-state index in [-0.39, 0.29) is 5.04 Å². The summed E-state index contributed by atoms with van der Waals surface area (Å²) in [7, 11) is -0.924. The average Bonchev–Trinajstić information content (AvgIpc) is 2.40. The molecule has 5 nitrogen and oxygen atoms in total. The van der Waals surface area contributed by atoms with Crippen molar-refractivity contribution in [1.82, 2.24) is 5.32 Å². The van der Waals surface area contributed by atoms with Crippen LogP contribution in [0.2, 0.25) is 18.1 Å². The Kier molecular flexibility index (Phi) is 7.95. The Hall–Kier alpha value is -1.09. The van der Waals surface area contributed by atoms with Crippen molar-refractivity contribution < 1.29 is 31.9 Å². The van der Waals surface area contributed by atoms with Gasteiger partial charge in [0.2, 0.25) is 0 Å². The molecule has 0 saturated carbocycles. The first-order valence-electron chi connectivity index (χ1n) is 7.73. The number of methoxy groups -OCH3 is 1. The zero-order valence-corrected chi connectivity index (χ0v) is 16.3. The van der Waals surface area contributed by atoms with Crippen molar-refractivity contribution in [3.8, 4) is 0 Å². The smallest absolute Gasteiger partial charge is 0.467 e. The van der Waals surface area contributed by atoms with E-state index in [9.17, 15) is 22.8 Å². The lowest BCUT2D eigenvalue weighted by atomic mass is 9.98. The number of carbonyl (C=O) groups is 2. The van der Waals surface area contributed by atoms with E-state index in [4.69, 9.17) is 4.43 Å². The van der Waals surface area contributed by atoms with Crippen molar-refractivity contribution >= 4 is 20.2 Å². The van der Waals surface area contributed by atoms with Gasteiger partial charge in [0.25, 0.3) is 0 Å². The van der Waals surface area contributed by atoms with Gasteiger partial charge in [-0.25, -0.2) is 4.79 Å². The van der Waals surface area contributed by atoms with Crippen LogP contribution >= 0.6 is 0 Å². The molecular weight excluding hydrogens is 343 g/mol. The molecule has 142 valence electrons. The summed E-state index contributed by atoms with van der Waals surface area (Å²) in [4.78, 5) is 22.8. The zero-order chi connectivity index (χ0) is 19.3. The Labute approximate surface area is 142 Å². The number of halogens is 3. The number of amides is 1. The fraction of sp³-hybridized carbons (Fsp3) is 0.867. The molecule has 0 aliphatic rings. The standard InChI is InChI=1S/C15H28F3NO4Si/c1-10(8-9-23-24(6,7)14(2,3)4)11(12(20)22-5)19-13(21)15(16,17)18/h10-11H,8-9H2,1-7H3,(H,19,21)/t10-,11-/m0/s1. The van der Waals surface area contributed by atoms with Gasteiger partial charge in [-0.1, -0.05) is 27.7 Å². The Morgan fingerprint density at radius 1 is 1.17 bits per heavy atom. The van der Waals surface area contributed by atoms with Crippen LogP contribution in [-0.2, 0) is 18.8 Å². The van der Waals surface area contributed by atoms with Crippen molar-refractivity contribution in [2.45, 2.75) is 64.5 Å². The van der Waals surface area contributed by atoms with E-state index < -0.39 is 38.3 Å². The predicted octanol–water partition coefficient (Wildman–Crippen LogP) is 3.25. The van der Waals surface area contributed by atoms with E-state index >= 15 is 0 Å². The second-order valence-corrected chi connectivity index (χ2v) is 12.2. The van der Waals surface area contributed by atoms with Crippen LogP contribution in [0.15, 0.2) is 0 Å². The first kappa shape index (κ1) is 22.9. The van der Waals surface area contributed by atoms with Crippen LogP contribution in [0, 0.1) is 5.92 Å². The molecule has 0 aromatic heterocycles. The largest absolute Gasteiger partial charge is 0.471 e. The monoisotopic (exact) mass is 371 g/mol. The molecule has 0 aliphatic heterocycles. The van der Waals surface area contributed by atoms with Gasteiger partial charge in [0.1, 0.15) is 6.04 Å². The maximum Gasteiger partial charge on any atom is 0.471 e. The van der Waals surface area contributed by atoms with Crippen LogP contribution in [-0.4, -0.2) is 46.1 Å². The van der Waals surface area contributed by atoms with E-state index in [1.54, 1.807) is 12.2 Å². The van der Waals surface area contributed by atoms with Gasteiger partial charge in [0.15, 0.2) is 8.32 Å². The Balaban J connectivity index is 4.83. The molecule has 0 saturated heterocycles. The number of rotatable bonds is 7. The highest BCUT2D eigenvalue weighted by atomic mass is 28.4. The van der Waals surface area contributed by atoms with Gasteiger partial charge in [0.05, 0.1) is 7.11 Å². The number of ether oxygens (including phenoxy) is 1. The fourth-order valence-electron chi connectivity index (χ4n) is 1.67. The highest BCUT2D eigenvalue weighted by molar-refractivity contribution is 6.74. The summed E-state index contributed by atoms with van der Waals surface area (Å²) >= 11 is 0. The van der Waals surface area contributed by atoms with Gasteiger partial charge in [0, 0.05) is 6.61 Å². The molecule has 0 spiro atoms. The molecule has 24 heavy (non-hydrogen) atoms. The highest BCUT2D eigenvalue weighted by Crippen LogP contribution is 2.36. The molecule has 0 radical (unpaired) electrons. The van der Waals surface area contributed by atoms with Gasteiger partial charge in [-0.05, 0) is 30.5 Å². The molecule has 1 amide bonds. The van der Waals surface area contributed by atoms with Crippen molar-refractivity contribution in [2.75, 3.05) is 13.7 Å². The molecule has 0 bridgehead atoms. The van der Waals surface area contributed by atoms with Crippen molar-refractivity contribution in [3.05, 3.63) is 0 Å². The third-order valence-corrected chi connectivity index (χ3v) is 8.95. The van der Waals surface area contributed by atoms with E-state index in [0.717, 1.165) is 7.11 Å². The lowest BCUT2D eigenvalue weighted by molar-refractivity contribution is -0.176. The Morgan fingerprint density at radius 2 is 1.67 bits per heavy atom. The number of esters is 1. The van der Waals surface area contributed by atoms with Gasteiger partial charge < -0.3 is 14.5 Å². The van der Waals surface area contributed by atoms with Crippen LogP contribution < -0.4 is 5.32 Å². The quantitative estimate of drug-likeness (QED) is 0.551. The van der Waals surface area contributed by atoms with E-state index in [1.807, 2.05) is 0 Å². The summed E-state index contributed by atoms with van der Waals surface area (Å²) in [5.41, 5.74) is 0. The van der Waals surface area contributed by atoms with Gasteiger partial charge in [-0.15, -0.1) is 0 Å². The summed E-state index contributed by atoms with van der Waals surface area (Å²) < 4.78 is 47.6. The molecule has 2 atom stereocenters. The Morgan fingerprint density at radius 3 is 2.04 bits per heavy atom. The molecule has 0 unspecified atom stereocenters. The van der Waals surface area contributed by atoms with E-state index in [1.165, 1.54) is 0 Å². The number of alkyl halides is 3. The molecule has 1 N–H and O–H groups in total. The van der Waals surface area contributed by atoms with Crippen molar-refractivity contribution in [2.24, 2.45) is 5.92 Å². The summed E-state index contributed by atoms with van der Waals surface area (Å²) in [6, 6.07) is -1.37. The van der Waals surface area contributed by atoms with Crippen LogP contribution in [0.25, 0.3) is 0 Å². The maximum absolute atomic E-state index is 12.4. The van der Waals surface area contributed by atoms with Crippen LogP contribution in [0.1, 0.15) is 34.1 Å². The fourth-order valence-corrected chi connectivity index (χ4v) is 2.73. The van der Waals surface area contributed by atoms with Crippen LogP contribution in [0.5, 0.6) is 0 Å². The number of hydrogen-bond acceptors (Lipinski definition) is 4. The second kappa shape index (κ2) is 8.33. The number of hydrogen-bond donors (Lipinski definition) is 1. The second-order valence-electron chi connectivity index (χ2n) is 7.35. The minimum Gasteiger partial charge on any atom is -0.467 e. The molecular formula is C15H28F3NO4Si. The van der Waals surface area contributed by atoms with E-state index in [2.05, 4.69) is 38.6 Å². The maximum atomic E-state index is 12.4. The summed E-state index contributed by atoms with van der Waals surface area (Å²) in [6.07, 6.45) is -4.73. The molecule has 9 heteroatoms. The van der Waals surface area contributed by atoms with Gasteiger partial charge in [-0.3, -0.25) is 4.79 Å². The van der Waals surface area contributed by atoms with Crippen LogP contribution in [0.3, 0.4) is 0 Å². The zero-order valence-electron chi connectivity index (χ0n) is 15.3. The van der Waals surface area contributed by atoms with Crippen molar-refractivity contribution in [1.29, 1.82) is 0 Å². The predicted molar refractivity (Wildman–Crippen MR) is 86.9 cm³/mol. The van der Waals surface area contributed by atoms with Crippen LogP contribution in [0.4, 0.5) is 13.2 Å². The first-order chi connectivity index (χ1) is 10.6. The molecule has 0 fully saturated rings. The number of carbonyl (C=O) groups excluding carboxylic acids is 2. The molecule has 0 aromatic rings. The molecule has 0 rings (SSSR count). The minimum atomic E-state index is -5.05. The summed E-state index contributed by atoms with van der Waals surface area (Å²) in [5, 5.41) is 1.71. The lowest BCUT2D eigenvalue weighted by Crippen LogP contribution is -2.50. The van der Waals surface area contributed by atoms with Gasteiger partial charge in [-0.2, -0.15) is 13.2 Å². The third kappa shape index (κ3) is 6.80. The third-order valence-electron chi connectivity index (χ3n) is 4.41. The topological polar surface area (TPSA) is 64.6 Å². The minimum absolute atomic E-state index is 0.00247. The highest BCUT2D eigenvalue weighted by Gasteiger charge is 2.42. The Bertz CT molecular complexity index is 447.